The molecule has 0 unspecified atom stereocenters. The van der Waals surface area contributed by atoms with E-state index in [9.17, 15) is 9.59 Å². The van der Waals surface area contributed by atoms with Crippen LogP contribution in [0.1, 0.15) is 32.0 Å². The Morgan fingerprint density at radius 3 is 2.89 bits per heavy atom. The maximum absolute atomic E-state index is 11.8. The van der Waals surface area contributed by atoms with Gasteiger partial charge >= 0.3 is 0 Å². The van der Waals surface area contributed by atoms with Gasteiger partial charge in [-0.25, -0.2) is 0 Å². The SMILES string of the molecule is CC(C)n1ccc(CN2CCC(=O)NCC2=O)n1. The zero-order valence-electron chi connectivity index (χ0n) is 10.7. The van der Waals surface area contributed by atoms with Crippen LogP contribution >= 0.6 is 0 Å². The van der Waals surface area contributed by atoms with Crippen molar-refractivity contribution in [2.24, 2.45) is 0 Å². The molecule has 2 rings (SSSR count). The lowest BCUT2D eigenvalue weighted by molar-refractivity contribution is -0.130. The van der Waals surface area contributed by atoms with Crippen LogP contribution in [0.5, 0.6) is 0 Å². The highest BCUT2D eigenvalue weighted by molar-refractivity contribution is 5.87. The number of hydrogen-bond donors (Lipinski definition) is 1. The monoisotopic (exact) mass is 250 g/mol. The third kappa shape index (κ3) is 2.88. The fraction of sp³-hybridized carbons (Fsp3) is 0.583. The standard InChI is InChI=1S/C12H18N4O2/c1-9(2)16-6-3-10(14-16)8-15-5-4-11(17)13-7-12(15)18/h3,6,9H,4-5,7-8H2,1-2H3,(H,13,17). The molecule has 18 heavy (non-hydrogen) atoms. The molecule has 1 aromatic rings. The van der Waals surface area contributed by atoms with E-state index < -0.39 is 0 Å². The van der Waals surface area contributed by atoms with Crippen molar-refractivity contribution in [2.75, 3.05) is 13.1 Å². The van der Waals surface area contributed by atoms with E-state index in [1.54, 1.807) is 4.90 Å². The van der Waals surface area contributed by atoms with Crippen LogP contribution in [0.25, 0.3) is 0 Å². The number of hydrogen-bond acceptors (Lipinski definition) is 3. The molecule has 1 fully saturated rings. The van der Waals surface area contributed by atoms with Crippen molar-refractivity contribution in [3.8, 4) is 0 Å². The number of aromatic nitrogens is 2. The van der Waals surface area contributed by atoms with Crippen LogP contribution in [0, 0.1) is 0 Å². The second kappa shape index (κ2) is 5.20. The molecule has 0 spiro atoms. The normalized spacial score (nSPS) is 16.9. The molecule has 0 aromatic carbocycles. The minimum absolute atomic E-state index is 0.0556. The lowest BCUT2D eigenvalue weighted by Gasteiger charge is -2.18. The van der Waals surface area contributed by atoms with Crippen molar-refractivity contribution >= 4 is 11.8 Å². The molecule has 1 N–H and O–H groups in total. The molecule has 0 aliphatic carbocycles. The van der Waals surface area contributed by atoms with Crippen LogP contribution in [-0.2, 0) is 16.1 Å². The molecule has 6 heteroatoms. The molecule has 1 aliphatic rings. The van der Waals surface area contributed by atoms with Gasteiger partial charge in [-0.2, -0.15) is 5.10 Å². The van der Waals surface area contributed by atoms with E-state index in [1.807, 2.05) is 16.9 Å². The molecule has 6 nitrogen and oxygen atoms in total. The summed E-state index contributed by atoms with van der Waals surface area (Å²) in [5.74, 6) is -0.126. The largest absolute Gasteiger partial charge is 0.347 e. The average molecular weight is 250 g/mol. The fourth-order valence-corrected chi connectivity index (χ4v) is 1.85. The highest BCUT2D eigenvalue weighted by Crippen LogP contribution is 2.08. The van der Waals surface area contributed by atoms with Crippen molar-refractivity contribution in [3.05, 3.63) is 18.0 Å². The maximum Gasteiger partial charge on any atom is 0.242 e. The van der Waals surface area contributed by atoms with E-state index in [0.717, 1.165) is 5.69 Å². The summed E-state index contributed by atoms with van der Waals surface area (Å²) in [6.07, 6.45) is 2.27. The molecule has 0 radical (unpaired) electrons. The number of nitrogens with zero attached hydrogens (tertiary/aromatic N) is 3. The molecular formula is C12H18N4O2. The molecular weight excluding hydrogens is 232 g/mol. The molecule has 2 heterocycles. The van der Waals surface area contributed by atoms with Gasteiger partial charge in [0.05, 0.1) is 18.8 Å². The number of rotatable bonds is 3. The number of amides is 2. The van der Waals surface area contributed by atoms with Gasteiger partial charge in [0.2, 0.25) is 11.8 Å². The Labute approximate surface area is 106 Å². The topological polar surface area (TPSA) is 67.2 Å². The molecule has 1 aromatic heterocycles. The summed E-state index contributed by atoms with van der Waals surface area (Å²) in [6.45, 7) is 5.11. The minimum atomic E-state index is -0.0708. The van der Waals surface area contributed by atoms with Gasteiger partial charge in [0.25, 0.3) is 0 Å². The maximum atomic E-state index is 11.8. The predicted octanol–water partition coefficient (Wildman–Crippen LogP) is 0.313. The van der Waals surface area contributed by atoms with Gasteiger partial charge in [-0.1, -0.05) is 0 Å². The molecule has 98 valence electrons. The van der Waals surface area contributed by atoms with Crippen molar-refractivity contribution in [1.29, 1.82) is 0 Å². The van der Waals surface area contributed by atoms with Crippen LogP contribution < -0.4 is 5.32 Å². The van der Waals surface area contributed by atoms with Gasteiger partial charge in [-0.05, 0) is 19.9 Å². The second-order valence-electron chi connectivity index (χ2n) is 4.72. The van der Waals surface area contributed by atoms with Gasteiger partial charge in [0, 0.05) is 25.2 Å². The van der Waals surface area contributed by atoms with Gasteiger partial charge in [0.15, 0.2) is 0 Å². The van der Waals surface area contributed by atoms with Crippen molar-refractivity contribution < 1.29 is 9.59 Å². The third-order valence-corrected chi connectivity index (χ3v) is 2.94. The van der Waals surface area contributed by atoms with Crippen LogP contribution in [0.2, 0.25) is 0 Å². The van der Waals surface area contributed by atoms with E-state index in [1.165, 1.54) is 0 Å². The Morgan fingerprint density at radius 1 is 1.44 bits per heavy atom. The first kappa shape index (κ1) is 12.6. The Kier molecular flexibility index (Phi) is 3.64. The minimum Gasteiger partial charge on any atom is -0.347 e. The average Bonchev–Trinajstić information content (AvgIpc) is 2.74. The fourth-order valence-electron chi connectivity index (χ4n) is 1.85. The quantitative estimate of drug-likeness (QED) is 0.839. The Bertz CT molecular complexity index is 453. The van der Waals surface area contributed by atoms with E-state index in [2.05, 4.69) is 24.3 Å². The summed E-state index contributed by atoms with van der Waals surface area (Å²) in [4.78, 5) is 24.7. The zero-order chi connectivity index (χ0) is 13.1. The first-order chi connectivity index (χ1) is 8.56. The summed E-state index contributed by atoms with van der Waals surface area (Å²) < 4.78 is 1.86. The number of nitrogens with one attached hydrogen (secondary N) is 1. The number of carbonyl (C=O) groups excluding carboxylic acids is 2. The van der Waals surface area contributed by atoms with Crippen LogP contribution in [0.4, 0.5) is 0 Å². The van der Waals surface area contributed by atoms with E-state index >= 15 is 0 Å². The van der Waals surface area contributed by atoms with E-state index in [0.29, 0.717) is 25.6 Å². The Morgan fingerprint density at radius 2 is 2.22 bits per heavy atom. The summed E-state index contributed by atoms with van der Waals surface area (Å²) in [5.41, 5.74) is 0.853. The molecule has 1 saturated heterocycles. The van der Waals surface area contributed by atoms with Gasteiger partial charge in [-0.3, -0.25) is 14.3 Å². The van der Waals surface area contributed by atoms with Gasteiger partial charge in [-0.15, -0.1) is 0 Å². The smallest absolute Gasteiger partial charge is 0.242 e. The van der Waals surface area contributed by atoms with E-state index in [-0.39, 0.29) is 18.4 Å². The molecule has 0 atom stereocenters. The van der Waals surface area contributed by atoms with Crippen molar-refractivity contribution in [2.45, 2.75) is 32.9 Å². The summed E-state index contributed by atoms with van der Waals surface area (Å²) >= 11 is 0. The molecule has 1 aliphatic heterocycles. The van der Waals surface area contributed by atoms with Gasteiger partial charge < -0.3 is 10.2 Å². The first-order valence-corrected chi connectivity index (χ1v) is 6.15. The molecule has 2 amide bonds. The highest BCUT2D eigenvalue weighted by Gasteiger charge is 2.20. The Balaban J connectivity index is 2.02. The summed E-state index contributed by atoms with van der Waals surface area (Å²) in [5, 5.41) is 6.98. The Hall–Kier alpha value is -1.85. The second-order valence-corrected chi connectivity index (χ2v) is 4.72. The van der Waals surface area contributed by atoms with Crippen molar-refractivity contribution in [3.63, 3.8) is 0 Å². The third-order valence-electron chi connectivity index (χ3n) is 2.94. The van der Waals surface area contributed by atoms with Crippen LogP contribution in [-0.4, -0.2) is 39.6 Å². The highest BCUT2D eigenvalue weighted by atomic mass is 16.2. The summed E-state index contributed by atoms with van der Waals surface area (Å²) in [7, 11) is 0. The predicted molar refractivity (Wildman–Crippen MR) is 65.7 cm³/mol. The lowest BCUT2D eigenvalue weighted by Crippen LogP contribution is -2.34. The lowest BCUT2D eigenvalue weighted by atomic mass is 10.3. The van der Waals surface area contributed by atoms with Crippen LogP contribution in [0.3, 0.4) is 0 Å². The molecule has 0 saturated carbocycles. The van der Waals surface area contributed by atoms with E-state index in [4.69, 9.17) is 0 Å². The zero-order valence-corrected chi connectivity index (χ0v) is 10.7. The molecule has 0 bridgehead atoms. The van der Waals surface area contributed by atoms with Gasteiger partial charge in [0.1, 0.15) is 0 Å². The first-order valence-electron chi connectivity index (χ1n) is 6.15. The summed E-state index contributed by atoms with van der Waals surface area (Å²) in [6, 6.07) is 2.22. The number of carbonyl (C=O) groups is 2. The van der Waals surface area contributed by atoms with Crippen molar-refractivity contribution in [1.82, 2.24) is 20.0 Å². The van der Waals surface area contributed by atoms with Crippen LogP contribution in [0.15, 0.2) is 12.3 Å².